The molecule has 0 aliphatic heterocycles. The summed E-state index contributed by atoms with van der Waals surface area (Å²) < 4.78 is 10.8. The first-order valence-electron chi connectivity index (χ1n) is 6.36. The number of hydrogen-bond acceptors (Lipinski definition) is 4. The Hall–Kier alpha value is -1.88. The van der Waals surface area contributed by atoms with E-state index in [2.05, 4.69) is 16.9 Å². The summed E-state index contributed by atoms with van der Waals surface area (Å²) in [5, 5.41) is 0. The van der Waals surface area contributed by atoms with E-state index in [9.17, 15) is 4.79 Å². The molecule has 0 spiro atoms. The largest absolute Gasteiger partial charge is 0.458 e. The van der Waals surface area contributed by atoms with E-state index in [1.165, 1.54) is 12.5 Å². The van der Waals surface area contributed by atoms with Gasteiger partial charge in [0.05, 0.1) is 12.3 Å². The van der Waals surface area contributed by atoms with E-state index >= 15 is 0 Å². The number of rotatable bonds is 4. The van der Waals surface area contributed by atoms with Crippen LogP contribution < -0.4 is 5.56 Å². The van der Waals surface area contributed by atoms with Crippen LogP contribution in [0.2, 0.25) is 0 Å². The molecule has 0 aromatic carbocycles. The van der Waals surface area contributed by atoms with Gasteiger partial charge in [-0.3, -0.25) is 4.79 Å². The van der Waals surface area contributed by atoms with Crippen molar-refractivity contribution in [2.45, 2.75) is 25.9 Å². The van der Waals surface area contributed by atoms with Crippen molar-refractivity contribution in [2.24, 2.45) is 5.92 Å². The summed E-state index contributed by atoms with van der Waals surface area (Å²) in [4.78, 5) is 18.6. The van der Waals surface area contributed by atoms with Crippen molar-refractivity contribution in [3.8, 4) is 11.6 Å². The van der Waals surface area contributed by atoms with Crippen molar-refractivity contribution in [1.29, 1.82) is 0 Å². The highest BCUT2D eigenvalue weighted by atomic mass is 16.5. The van der Waals surface area contributed by atoms with Crippen LogP contribution in [0.25, 0.3) is 11.6 Å². The highest BCUT2D eigenvalue weighted by Crippen LogP contribution is 2.47. The van der Waals surface area contributed by atoms with E-state index in [1.54, 1.807) is 7.11 Å². The molecule has 5 heteroatoms. The van der Waals surface area contributed by atoms with Gasteiger partial charge >= 0.3 is 0 Å². The lowest BCUT2D eigenvalue weighted by molar-refractivity contribution is 0.181. The van der Waals surface area contributed by atoms with Crippen LogP contribution in [0.1, 0.15) is 30.7 Å². The van der Waals surface area contributed by atoms with Gasteiger partial charge in [0.25, 0.3) is 5.56 Å². The predicted molar refractivity (Wildman–Crippen MR) is 69.8 cm³/mol. The second-order valence-corrected chi connectivity index (χ2v) is 5.04. The summed E-state index contributed by atoms with van der Waals surface area (Å²) in [6.07, 6.45) is 1.17. The zero-order valence-corrected chi connectivity index (χ0v) is 11.0. The molecule has 1 N–H and O–H groups in total. The molecule has 2 atom stereocenters. The molecular formula is C14H16N2O3. The Morgan fingerprint density at radius 2 is 2.32 bits per heavy atom. The Morgan fingerprint density at radius 1 is 1.53 bits per heavy atom. The quantitative estimate of drug-likeness (QED) is 0.915. The van der Waals surface area contributed by atoms with Crippen molar-refractivity contribution in [3.63, 3.8) is 0 Å². The first-order valence-corrected chi connectivity index (χ1v) is 6.36. The molecule has 0 radical (unpaired) electrons. The number of nitrogens with zero attached hydrogens (tertiary/aromatic N) is 1. The minimum atomic E-state index is -0.199. The van der Waals surface area contributed by atoms with Crippen molar-refractivity contribution in [3.05, 3.63) is 40.0 Å². The molecule has 19 heavy (non-hydrogen) atoms. The summed E-state index contributed by atoms with van der Waals surface area (Å²) >= 11 is 0. The molecule has 2 aromatic heterocycles. The molecule has 1 saturated carbocycles. The number of aromatic amines is 1. The molecule has 3 rings (SSSR count). The number of hydrogen-bond donors (Lipinski definition) is 1. The lowest BCUT2D eigenvalue weighted by Crippen LogP contribution is -2.10. The molecule has 0 saturated heterocycles. The zero-order chi connectivity index (χ0) is 13.4. The van der Waals surface area contributed by atoms with Crippen molar-refractivity contribution in [1.82, 2.24) is 9.97 Å². The Morgan fingerprint density at radius 3 is 3.00 bits per heavy atom. The number of nitrogens with one attached hydrogen (secondary N) is 1. The van der Waals surface area contributed by atoms with E-state index in [0.717, 1.165) is 5.76 Å². The zero-order valence-electron chi connectivity index (χ0n) is 11.0. The average Bonchev–Trinajstić information content (AvgIpc) is 2.91. The fraction of sp³-hybridized carbons (Fsp3) is 0.429. The maximum absolute atomic E-state index is 11.6. The smallest absolute Gasteiger partial charge is 0.251 e. The third kappa shape index (κ3) is 2.46. The van der Waals surface area contributed by atoms with Crippen LogP contribution in [0.3, 0.4) is 0 Å². The van der Waals surface area contributed by atoms with Gasteiger partial charge in [0.2, 0.25) is 0 Å². The van der Waals surface area contributed by atoms with Crippen LogP contribution in [0, 0.1) is 5.92 Å². The van der Waals surface area contributed by atoms with Gasteiger partial charge in [-0.15, -0.1) is 0 Å². The summed E-state index contributed by atoms with van der Waals surface area (Å²) in [6.45, 7) is 2.51. The minimum absolute atomic E-state index is 0.199. The van der Waals surface area contributed by atoms with Gasteiger partial charge in [-0.25, -0.2) is 4.98 Å². The lowest BCUT2D eigenvalue weighted by atomic mass is 10.3. The number of furan rings is 1. The standard InChI is InChI=1S/C14H16N2O3/c1-8-5-10(8)11-3-4-12(19-11)14-15-9(7-18-2)6-13(17)16-14/h3-4,6,8,10H,5,7H2,1-2H3,(H,15,16,17). The maximum atomic E-state index is 11.6. The summed E-state index contributed by atoms with van der Waals surface area (Å²) in [5.74, 6) is 3.24. The fourth-order valence-corrected chi connectivity index (χ4v) is 2.24. The van der Waals surface area contributed by atoms with Crippen molar-refractivity contribution >= 4 is 0 Å². The van der Waals surface area contributed by atoms with E-state index in [-0.39, 0.29) is 5.56 Å². The molecule has 1 aliphatic rings. The van der Waals surface area contributed by atoms with Gasteiger partial charge < -0.3 is 14.1 Å². The van der Waals surface area contributed by atoms with Crippen LogP contribution >= 0.6 is 0 Å². The Balaban J connectivity index is 1.92. The maximum Gasteiger partial charge on any atom is 0.251 e. The second kappa shape index (κ2) is 4.66. The van der Waals surface area contributed by atoms with Gasteiger partial charge in [0.1, 0.15) is 5.76 Å². The first kappa shape index (κ1) is 12.2. The van der Waals surface area contributed by atoms with Crippen LogP contribution in [-0.2, 0) is 11.3 Å². The van der Waals surface area contributed by atoms with Gasteiger partial charge in [-0.05, 0) is 24.5 Å². The van der Waals surface area contributed by atoms with Crippen LogP contribution in [0.5, 0.6) is 0 Å². The van der Waals surface area contributed by atoms with Gasteiger partial charge in [0, 0.05) is 19.1 Å². The topological polar surface area (TPSA) is 68.1 Å². The molecule has 5 nitrogen and oxygen atoms in total. The molecular weight excluding hydrogens is 244 g/mol. The third-order valence-corrected chi connectivity index (χ3v) is 3.42. The molecule has 2 heterocycles. The minimum Gasteiger partial charge on any atom is -0.458 e. The van der Waals surface area contributed by atoms with Crippen LogP contribution in [0.4, 0.5) is 0 Å². The summed E-state index contributed by atoms with van der Waals surface area (Å²) in [6, 6.07) is 5.25. The Labute approximate surface area is 110 Å². The van der Waals surface area contributed by atoms with Crippen LogP contribution in [-0.4, -0.2) is 17.1 Å². The Bertz CT molecular complexity index is 644. The number of aromatic nitrogens is 2. The molecule has 0 amide bonds. The van der Waals surface area contributed by atoms with Gasteiger partial charge in [-0.2, -0.15) is 0 Å². The second-order valence-electron chi connectivity index (χ2n) is 5.04. The van der Waals surface area contributed by atoms with Crippen molar-refractivity contribution < 1.29 is 9.15 Å². The summed E-state index contributed by atoms with van der Waals surface area (Å²) in [5.41, 5.74) is 0.397. The van der Waals surface area contributed by atoms with E-state index in [0.29, 0.717) is 35.7 Å². The summed E-state index contributed by atoms with van der Waals surface area (Å²) in [7, 11) is 1.57. The molecule has 2 unspecified atom stereocenters. The predicted octanol–water partition coefficient (Wildman–Crippen LogP) is 2.30. The molecule has 2 aromatic rings. The van der Waals surface area contributed by atoms with Gasteiger partial charge in [-0.1, -0.05) is 6.92 Å². The molecule has 1 fully saturated rings. The highest BCUT2D eigenvalue weighted by molar-refractivity contribution is 5.47. The third-order valence-electron chi connectivity index (χ3n) is 3.42. The first-order chi connectivity index (χ1) is 9.17. The van der Waals surface area contributed by atoms with Gasteiger partial charge in [0.15, 0.2) is 11.6 Å². The fourth-order valence-electron chi connectivity index (χ4n) is 2.24. The van der Waals surface area contributed by atoms with E-state index in [1.807, 2.05) is 12.1 Å². The average molecular weight is 260 g/mol. The number of methoxy groups -OCH3 is 1. The number of ether oxygens (including phenoxy) is 1. The number of H-pyrrole nitrogens is 1. The SMILES string of the molecule is COCc1cc(=O)[nH]c(-c2ccc(C3CC3C)o2)n1. The Kier molecular flexibility index (Phi) is 2.98. The van der Waals surface area contributed by atoms with E-state index < -0.39 is 0 Å². The van der Waals surface area contributed by atoms with Crippen molar-refractivity contribution in [2.75, 3.05) is 7.11 Å². The van der Waals surface area contributed by atoms with Crippen LogP contribution in [0.15, 0.2) is 27.4 Å². The molecule has 100 valence electrons. The highest BCUT2D eigenvalue weighted by Gasteiger charge is 2.36. The normalized spacial score (nSPS) is 21.6. The monoisotopic (exact) mass is 260 g/mol. The van der Waals surface area contributed by atoms with E-state index in [4.69, 9.17) is 9.15 Å². The lowest BCUT2D eigenvalue weighted by Gasteiger charge is -2.01. The molecule has 0 bridgehead atoms. The molecule has 1 aliphatic carbocycles.